The molecule has 2 N–H and O–H groups in total. The standard InChI is InChI=1S/C28H32F3N5O4/c1-18-15-22(40-28(29,30)31)12-13-23(18)26-16-32-27(39-26)34-25-7-3-2-6-24(25)33-19-5-4-14-35(17-19)20-8-10-21(11-9-20)36(37)38/h8-13,15-16,19,24-25,33H,2-7,14,17H2,1H3,(H,32,34)/t19-,24?,25?/m0/s1. The molecule has 1 aliphatic carbocycles. The molecule has 0 radical (unpaired) electrons. The molecule has 214 valence electrons. The van der Waals surface area contributed by atoms with Gasteiger partial charge in [-0.05, 0) is 68.5 Å². The molecule has 1 aromatic heterocycles. The minimum atomic E-state index is -4.75. The summed E-state index contributed by atoms with van der Waals surface area (Å²) in [4.78, 5) is 17.3. The molecular weight excluding hydrogens is 527 g/mol. The van der Waals surface area contributed by atoms with E-state index in [4.69, 9.17) is 4.42 Å². The molecule has 1 saturated heterocycles. The molecule has 2 aromatic carbocycles. The average Bonchev–Trinajstić information content (AvgIpc) is 3.37. The molecule has 3 atom stereocenters. The highest BCUT2D eigenvalue weighted by Crippen LogP contribution is 2.32. The third kappa shape index (κ3) is 6.85. The Hall–Kier alpha value is -3.80. The number of aromatic nitrogens is 1. The lowest BCUT2D eigenvalue weighted by Gasteiger charge is -2.40. The molecule has 2 fully saturated rings. The molecule has 0 spiro atoms. The van der Waals surface area contributed by atoms with Crippen molar-refractivity contribution in [3.05, 3.63) is 64.3 Å². The van der Waals surface area contributed by atoms with Crippen molar-refractivity contribution >= 4 is 17.4 Å². The Kier molecular flexibility index (Phi) is 8.15. The summed E-state index contributed by atoms with van der Waals surface area (Å²) in [5.41, 5.74) is 2.29. The summed E-state index contributed by atoms with van der Waals surface area (Å²) in [5.74, 6) is 0.183. The van der Waals surface area contributed by atoms with E-state index in [9.17, 15) is 23.3 Å². The van der Waals surface area contributed by atoms with Gasteiger partial charge in [-0.2, -0.15) is 0 Å². The van der Waals surface area contributed by atoms with Crippen molar-refractivity contribution in [1.29, 1.82) is 0 Å². The van der Waals surface area contributed by atoms with Crippen molar-refractivity contribution in [3.8, 4) is 17.1 Å². The van der Waals surface area contributed by atoms with Crippen LogP contribution in [0.4, 0.5) is 30.6 Å². The van der Waals surface area contributed by atoms with E-state index in [0.717, 1.165) is 57.3 Å². The summed E-state index contributed by atoms with van der Waals surface area (Å²) < 4.78 is 47.6. The Balaban J connectivity index is 1.21. The SMILES string of the molecule is Cc1cc(OC(F)(F)F)ccc1-c1cnc(NC2CCCCC2N[C@H]2CCCN(c3ccc([N+](=O)[O-])cc3)C2)o1. The van der Waals surface area contributed by atoms with Crippen LogP contribution in [-0.4, -0.2) is 47.5 Å². The van der Waals surface area contributed by atoms with Gasteiger partial charge in [0.15, 0.2) is 5.76 Å². The van der Waals surface area contributed by atoms with Crippen LogP contribution in [0.15, 0.2) is 53.1 Å². The fourth-order valence-corrected chi connectivity index (χ4v) is 5.67. The molecule has 1 saturated carbocycles. The Morgan fingerprint density at radius 1 is 1.07 bits per heavy atom. The molecule has 0 amide bonds. The largest absolute Gasteiger partial charge is 0.573 e. The number of nitro groups is 1. The molecule has 12 heteroatoms. The second-order valence-electron chi connectivity index (χ2n) is 10.4. The van der Waals surface area contributed by atoms with E-state index in [-0.39, 0.29) is 34.5 Å². The van der Waals surface area contributed by atoms with Crippen LogP contribution in [0.3, 0.4) is 0 Å². The number of ether oxygens (including phenoxy) is 1. The first-order valence-corrected chi connectivity index (χ1v) is 13.5. The Morgan fingerprint density at radius 2 is 1.82 bits per heavy atom. The Labute approximate surface area is 229 Å². The zero-order chi connectivity index (χ0) is 28.3. The maximum Gasteiger partial charge on any atom is 0.573 e. The summed E-state index contributed by atoms with van der Waals surface area (Å²) in [6.07, 6.45) is 3.07. The van der Waals surface area contributed by atoms with Crippen molar-refractivity contribution in [1.82, 2.24) is 10.3 Å². The molecular formula is C28H32F3N5O4. The van der Waals surface area contributed by atoms with Crippen LogP contribution in [0.5, 0.6) is 5.75 Å². The molecule has 2 unspecified atom stereocenters. The molecule has 2 aliphatic rings. The number of hydrogen-bond donors (Lipinski definition) is 2. The quantitative estimate of drug-likeness (QED) is 0.240. The number of nitrogens with zero attached hydrogens (tertiary/aromatic N) is 3. The number of piperidine rings is 1. The van der Waals surface area contributed by atoms with Gasteiger partial charge in [-0.25, -0.2) is 4.98 Å². The molecule has 1 aliphatic heterocycles. The first-order chi connectivity index (χ1) is 19.1. The number of non-ortho nitro benzene ring substituents is 1. The van der Waals surface area contributed by atoms with Gasteiger partial charge in [0.05, 0.1) is 11.1 Å². The predicted molar refractivity (Wildman–Crippen MR) is 144 cm³/mol. The zero-order valence-corrected chi connectivity index (χ0v) is 22.1. The summed E-state index contributed by atoms with van der Waals surface area (Å²) in [6, 6.07) is 11.8. The number of benzene rings is 2. The minimum Gasteiger partial charge on any atom is -0.424 e. The molecule has 3 aromatic rings. The second-order valence-corrected chi connectivity index (χ2v) is 10.4. The smallest absolute Gasteiger partial charge is 0.424 e. The number of alkyl halides is 3. The first kappa shape index (κ1) is 27.8. The summed E-state index contributed by atoms with van der Waals surface area (Å²) in [7, 11) is 0. The van der Waals surface area contributed by atoms with Crippen molar-refractivity contribution in [3.63, 3.8) is 0 Å². The Bertz CT molecular complexity index is 1310. The minimum absolute atomic E-state index is 0.0869. The first-order valence-electron chi connectivity index (χ1n) is 13.5. The van der Waals surface area contributed by atoms with Gasteiger partial charge in [0, 0.05) is 54.6 Å². The van der Waals surface area contributed by atoms with Gasteiger partial charge in [-0.3, -0.25) is 10.1 Å². The fraction of sp³-hybridized carbons (Fsp3) is 0.464. The number of halogens is 3. The molecule has 40 heavy (non-hydrogen) atoms. The number of nitro benzene ring substituents is 1. The van der Waals surface area contributed by atoms with Gasteiger partial charge < -0.3 is 24.7 Å². The van der Waals surface area contributed by atoms with Gasteiger partial charge in [0.25, 0.3) is 11.7 Å². The molecule has 9 nitrogen and oxygen atoms in total. The summed E-state index contributed by atoms with van der Waals surface area (Å²) in [5, 5.41) is 18.3. The van der Waals surface area contributed by atoms with Crippen LogP contribution < -0.4 is 20.3 Å². The van der Waals surface area contributed by atoms with Crippen molar-refractivity contribution in [2.45, 2.75) is 69.9 Å². The van der Waals surface area contributed by atoms with Gasteiger partial charge >= 0.3 is 6.36 Å². The maximum atomic E-state index is 12.5. The van der Waals surface area contributed by atoms with Gasteiger partial charge in [0.2, 0.25) is 0 Å². The van der Waals surface area contributed by atoms with E-state index < -0.39 is 6.36 Å². The van der Waals surface area contributed by atoms with Crippen LogP contribution in [-0.2, 0) is 0 Å². The van der Waals surface area contributed by atoms with Crippen LogP contribution in [0.25, 0.3) is 11.3 Å². The predicted octanol–water partition coefficient (Wildman–Crippen LogP) is 6.44. The topological polar surface area (TPSA) is 106 Å². The van der Waals surface area contributed by atoms with E-state index in [1.165, 1.54) is 18.2 Å². The number of hydrogen-bond acceptors (Lipinski definition) is 8. The highest BCUT2D eigenvalue weighted by molar-refractivity contribution is 5.63. The lowest BCUT2D eigenvalue weighted by atomic mass is 9.89. The fourth-order valence-electron chi connectivity index (χ4n) is 5.67. The normalized spacial score (nSPS) is 21.7. The van der Waals surface area contributed by atoms with E-state index in [0.29, 0.717) is 22.9 Å². The number of aryl methyl sites for hydroxylation is 1. The highest BCUT2D eigenvalue weighted by atomic mass is 19.4. The van der Waals surface area contributed by atoms with E-state index in [1.807, 2.05) is 12.1 Å². The highest BCUT2D eigenvalue weighted by Gasteiger charge is 2.32. The molecule has 0 bridgehead atoms. The van der Waals surface area contributed by atoms with Gasteiger partial charge in [-0.1, -0.05) is 12.8 Å². The number of anilines is 2. The second kappa shape index (κ2) is 11.7. The van der Waals surface area contributed by atoms with Gasteiger partial charge in [-0.15, -0.1) is 13.2 Å². The third-order valence-electron chi connectivity index (χ3n) is 7.57. The van der Waals surface area contributed by atoms with Crippen LogP contribution in [0.2, 0.25) is 0 Å². The number of nitrogens with one attached hydrogen (secondary N) is 2. The van der Waals surface area contributed by atoms with E-state index in [2.05, 4.69) is 25.3 Å². The number of oxazole rings is 1. The summed E-state index contributed by atoms with van der Waals surface area (Å²) >= 11 is 0. The lowest BCUT2D eigenvalue weighted by molar-refractivity contribution is -0.384. The van der Waals surface area contributed by atoms with E-state index >= 15 is 0 Å². The average molecular weight is 560 g/mol. The van der Waals surface area contributed by atoms with Crippen molar-refractivity contribution < 1.29 is 27.2 Å². The molecule has 5 rings (SSSR count). The Morgan fingerprint density at radius 3 is 2.52 bits per heavy atom. The van der Waals surface area contributed by atoms with Crippen LogP contribution in [0.1, 0.15) is 44.1 Å². The number of rotatable bonds is 8. The van der Waals surface area contributed by atoms with Crippen molar-refractivity contribution in [2.24, 2.45) is 0 Å². The van der Waals surface area contributed by atoms with Gasteiger partial charge in [0.1, 0.15) is 5.75 Å². The van der Waals surface area contributed by atoms with Crippen molar-refractivity contribution in [2.75, 3.05) is 23.3 Å². The molecule has 2 heterocycles. The third-order valence-corrected chi connectivity index (χ3v) is 7.57. The lowest BCUT2D eigenvalue weighted by Crippen LogP contribution is -2.54. The monoisotopic (exact) mass is 559 g/mol. The van der Waals surface area contributed by atoms with E-state index in [1.54, 1.807) is 25.3 Å². The zero-order valence-electron chi connectivity index (χ0n) is 22.1. The van der Waals surface area contributed by atoms with Crippen LogP contribution >= 0.6 is 0 Å². The van der Waals surface area contributed by atoms with Crippen LogP contribution in [0, 0.1) is 17.0 Å². The summed E-state index contributed by atoms with van der Waals surface area (Å²) in [6.45, 7) is 3.42. The maximum absolute atomic E-state index is 12.5.